The molecule has 1 aromatic heterocycles. The average molecular weight is 345 g/mol. The Kier molecular flexibility index (Phi) is 3.87. The summed E-state index contributed by atoms with van der Waals surface area (Å²) in [6, 6.07) is 6.00. The minimum absolute atomic E-state index is 0.116. The van der Waals surface area contributed by atoms with Crippen LogP contribution in [-0.2, 0) is 10.0 Å². The van der Waals surface area contributed by atoms with Crippen LogP contribution in [0.3, 0.4) is 0 Å². The van der Waals surface area contributed by atoms with Crippen LogP contribution in [-0.4, -0.2) is 37.7 Å². The zero-order chi connectivity index (χ0) is 15.0. The number of rotatable bonds is 4. The fraction of sp³-hybridized carbons (Fsp3) is 0.333. The second-order valence-corrected chi connectivity index (χ2v) is 8.09. The Morgan fingerprint density at radius 1 is 1.29 bits per heavy atom. The smallest absolute Gasteiger partial charge is 0.240 e. The van der Waals surface area contributed by atoms with Crippen molar-refractivity contribution in [1.29, 1.82) is 0 Å². The lowest BCUT2D eigenvalue weighted by atomic mass is 10.1. The molecule has 1 aliphatic heterocycles. The first-order valence-electron chi connectivity index (χ1n) is 6.27. The van der Waals surface area contributed by atoms with E-state index in [2.05, 4.69) is 14.9 Å². The molecule has 1 aliphatic rings. The number of nitrogens with zero attached hydrogens (tertiary/aromatic N) is 3. The Morgan fingerprint density at radius 2 is 1.95 bits per heavy atom. The molecule has 1 saturated heterocycles. The number of aromatic nitrogens is 2. The first-order valence-corrected chi connectivity index (χ1v) is 8.95. The average Bonchev–Trinajstić information content (AvgIpc) is 2.80. The molecular formula is C12H13ClN4O2S2. The fourth-order valence-electron chi connectivity index (χ4n) is 2.02. The highest BCUT2D eigenvalue weighted by Gasteiger charge is 2.32. The molecule has 1 N–H and O–H groups in total. The third kappa shape index (κ3) is 3.18. The van der Waals surface area contributed by atoms with E-state index in [-0.39, 0.29) is 10.9 Å². The first-order chi connectivity index (χ1) is 9.94. The van der Waals surface area contributed by atoms with Crippen molar-refractivity contribution >= 4 is 38.1 Å². The van der Waals surface area contributed by atoms with Gasteiger partial charge in [-0.3, -0.25) is 0 Å². The van der Waals surface area contributed by atoms with Gasteiger partial charge < -0.3 is 4.90 Å². The van der Waals surface area contributed by atoms with Gasteiger partial charge in [-0.25, -0.2) is 13.1 Å². The Morgan fingerprint density at radius 3 is 2.52 bits per heavy atom. The number of sulfonamides is 1. The topological polar surface area (TPSA) is 75.2 Å². The summed E-state index contributed by atoms with van der Waals surface area (Å²) in [6.45, 7) is 3.09. The lowest BCUT2D eigenvalue weighted by Crippen LogP contribution is -2.59. The maximum absolute atomic E-state index is 12.2. The summed E-state index contributed by atoms with van der Waals surface area (Å²) in [5.41, 5.74) is 0. The van der Waals surface area contributed by atoms with E-state index in [0.717, 1.165) is 10.1 Å². The molecule has 0 atom stereocenters. The van der Waals surface area contributed by atoms with Gasteiger partial charge in [-0.15, -0.1) is 10.2 Å². The minimum Gasteiger partial charge on any atom is -0.343 e. The van der Waals surface area contributed by atoms with E-state index >= 15 is 0 Å². The summed E-state index contributed by atoms with van der Waals surface area (Å²) in [7, 11) is -3.51. The van der Waals surface area contributed by atoms with E-state index in [4.69, 9.17) is 11.6 Å². The zero-order valence-electron chi connectivity index (χ0n) is 11.2. The summed E-state index contributed by atoms with van der Waals surface area (Å²) in [5, 5.41) is 10.2. The van der Waals surface area contributed by atoms with Crippen molar-refractivity contribution < 1.29 is 8.42 Å². The molecule has 0 aliphatic carbocycles. The van der Waals surface area contributed by atoms with Crippen LogP contribution in [0.5, 0.6) is 0 Å². The van der Waals surface area contributed by atoms with Gasteiger partial charge in [-0.05, 0) is 31.2 Å². The molecular weight excluding hydrogens is 332 g/mol. The van der Waals surface area contributed by atoms with Gasteiger partial charge in [0.1, 0.15) is 5.01 Å². The maximum atomic E-state index is 12.2. The third-order valence-corrected chi connectivity index (χ3v) is 5.80. The first kappa shape index (κ1) is 14.7. The van der Waals surface area contributed by atoms with Crippen molar-refractivity contribution in [2.75, 3.05) is 18.0 Å². The molecule has 0 unspecified atom stereocenters. The highest BCUT2D eigenvalue weighted by molar-refractivity contribution is 7.89. The number of benzene rings is 1. The van der Waals surface area contributed by atoms with E-state index in [1.165, 1.54) is 23.5 Å². The minimum atomic E-state index is -3.51. The Hall–Kier alpha value is -1.22. The lowest BCUT2D eigenvalue weighted by Gasteiger charge is -2.38. The van der Waals surface area contributed by atoms with Crippen LogP contribution in [0, 0.1) is 6.92 Å². The third-order valence-electron chi connectivity index (χ3n) is 3.11. The zero-order valence-corrected chi connectivity index (χ0v) is 13.5. The monoisotopic (exact) mass is 344 g/mol. The van der Waals surface area contributed by atoms with Gasteiger partial charge in [0.25, 0.3) is 0 Å². The summed E-state index contributed by atoms with van der Waals surface area (Å²) >= 11 is 7.26. The summed E-state index contributed by atoms with van der Waals surface area (Å²) in [6.07, 6.45) is 0. The number of halogens is 1. The number of hydrogen-bond donors (Lipinski definition) is 1. The van der Waals surface area contributed by atoms with Gasteiger partial charge in [-0.1, -0.05) is 22.9 Å². The standard InChI is InChI=1S/C12H13ClN4O2S2/c1-8-14-15-12(20-8)17-6-10(7-17)16-21(18,19)11-4-2-9(13)3-5-11/h2-5,10,16H,6-7H2,1H3. The van der Waals surface area contributed by atoms with Gasteiger partial charge in [0, 0.05) is 18.1 Å². The van der Waals surface area contributed by atoms with Gasteiger partial charge in [-0.2, -0.15) is 0 Å². The van der Waals surface area contributed by atoms with Crippen LogP contribution in [0.1, 0.15) is 5.01 Å². The molecule has 112 valence electrons. The van der Waals surface area contributed by atoms with Crippen LogP contribution < -0.4 is 9.62 Å². The molecule has 1 aromatic carbocycles. The Labute approximate surface area is 131 Å². The van der Waals surface area contributed by atoms with Crippen LogP contribution >= 0.6 is 22.9 Å². The van der Waals surface area contributed by atoms with E-state index in [0.29, 0.717) is 18.1 Å². The number of anilines is 1. The highest BCUT2D eigenvalue weighted by Crippen LogP contribution is 2.25. The molecule has 21 heavy (non-hydrogen) atoms. The van der Waals surface area contributed by atoms with E-state index in [1.807, 2.05) is 11.8 Å². The predicted octanol–water partition coefficient (Wildman–Crippen LogP) is 1.67. The highest BCUT2D eigenvalue weighted by atomic mass is 35.5. The van der Waals surface area contributed by atoms with E-state index < -0.39 is 10.0 Å². The van der Waals surface area contributed by atoms with Crippen molar-refractivity contribution in [3.8, 4) is 0 Å². The predicted molar refractivity (Wildman–Crippen MR) is 82.4 cm³/mol. The molecule has 2 aromatic rings. The summed E-state index contributed by atoms with van der Waals surface area (Å²) in [5.74, 6) is 0. The van der Waals surface area contributed by atoms with Gasteiger partial charge in [0.05, 0.1) is 10.9 Å². The van der Waals surface area contributed by atoms with Gasteiger partial charge in [0.2, 0.25) is 15.2 Å². The molecule has 9 heteroatoms. The largest absolute Gasteiger partial charge is 0.343 e. The Balaban J connectivity index is 1.62. The number of aryl methyl sites for hydroxylation is 1. The fourth-order valence-corrected chi connectivity index (χ4v) is 4.07. The van der Waals surface area contributed by atoms with E-state index in [9.17, 15) is 8.42 Å². The Bertz CT molecular complexity index is 739. The molecule has 3 rings (SSSR count). The van der Waals surface area contributed by atoms with Crippen LogP contribution in [0.15, 0.2) is 29.2 Å². The molecule has 1 fully saturated rings. The van der Waals surface area contributed by atoms with Crippen molar-refractivity contribution in [2.24, 2.45) is 0 Å². The van der Waals surface area contributed by atoms with Crippen LogP contribution in [0.25, 0.3) is 0 Å². The molecule has 2 heterocycles. The number of nitrogens with one attached hydrogen (secondary N) is 1. The number of hydrogen-bond acceptors (Lipinski definition) is 6. The van der Waals surface area contributed by atoms with Gasteiger partial charge >= 0.3 is 0 Å². The quantitative estimate of drug-likeness (QED) is 0.913. The van der Waals surface area contributed by atoms with Crippen LogP contribution in [0.2, 0.25) is 5.02 Å². The second-order valence-electron chi connectivity index (χ2n) is 4.78. The van der Waals surface area contributed by atoms with Crippen molar-refractivity contribution in [1.82, 2.24) is 14.9 Å². The van der Waals surface area contributed by atoms with Gasteiger partial charge in [0.15, 0.2) is 0 Å². The molecule has 0 spiro atoms. The maximum Gasteiger partial charge on any atom is 0.240 e. The lowest BCUT2D eigenvalue weighted by molar-refractivity contribution is 0.468. The van der Waals surface area contributed by atoms with Crippen molar-refractivity contribution in [2.45, 2.75) is 17.9 Å². The van der Waals surface area contributed by atoms with E-state index in [1.54, 1.807) is 12.1 Å². The normalized spacial score (nSPS) is 16.0. The molecule has 0 radical (unpaired) electrons. The van der Waals surface area contributed by atoms with Crippen molar-refractivity contribution in [3.05, 3.63) is 34.3 Å². The second kappa shape index (κ2) is 5.53. The van der Waals surface area contributed by atoms with Crippen LogP contribution in [0.4, 0.5) is 5.13 Å². The molecule has 0 saturated carbocycles. The van der Waals surface area contributed by atoms with Crippen molar-refractivity contribution in [3.63, 3.8) is 0 Å². The molecule has 0 amide bonds. The molecule has 0 bridgehead atoms. The molecule has 6 nitrogen and oxygen atoms in total. The summed E-state index contributed by atoms with van der Waals surface area (Å²) in [4.78, 5) is 2.22. The SMILES string of the molecule is Cc1nnc(N2CC(NS(=O)(=O)c3ccc(Cl)cc3)C2)s1. The summed E-state index contributed by atoms with van der Waals surface area (Å²) < 4.78 is 27.1.